The van der Waals surface area contributed by atoms with Gasteiger partial charge >= 0.3 is 27.3 Å². The molecule has 0 amide bonds. The molecule has 0 aromatic heterocycles. The number of aliphatic hydroxyl groups excluding tert-OH is 2. The number of rotatable bonds is 13. The van der Waals surface area contributed by atoms with Gasteiger partial charge in [0.1, 0.15) is 47.4 Å². The number of aliphatic hydroxyl groups is 2. The minimum atomic E-state index is -5.90. The van der Waals surface area contributed by atoms with Crippen LogP contribution in [0.15, 0.2) is 173 Å². The van der Waals surface area contributed by atoms with E-state index in [1.165, 1.54) is 62.8 Å². The third-order valence-corrected chi connectivity index (χ3v) is 17.0. The van der Waals surface area contributed by atoms with E-state index in [1.54, 1.807) is 0 Å². The summed E-state index contributed by atoms with van der Waals surface area (Å²) in [5.74, 6) is -0.540. The monoisotopic (exact) mass is 1020 g/mol. The Hall–Kier alpha value is -5.66. The maximum atomic E-state index is 12.6. The number of alkyl halides is 2. The molecule has 11 nitrogen and oxygen atoms in total. The highest BCUT2D eigenvalue weighted by molar-refractivity contribution is 8.04. The molecule has 0 bridgehead atoms. The van der Waals surface area contributed by atoms with Crippen LogP contribution in [0.5, 0.6) is 17.2 Å². The largest absolute Gasteiger partial charge is 0.491 e. The van der Waals surface area contributed by atoms with Crippen LogP contribution in [0.1, 0.15) is 34.7 Å². The second-order valence-corrected chi connectivity index (χ2v) is 22.2. The van der Waals surface area contributed by atoms with Crippen molar-refractivity contribution in [3.63, 3.8) is 0 Å². The number of benzene rings is 6. The van der Waals surface area contributed by atoms with Gasteiger partial charge in [0.2, 0.25) is 9.79 Å². The number of halogens is 2. The molecule has 2 aliphatic heterocycles. The van der Waals surface area contributed by atoms with Crippen LogP contribution in [-0.4, -0.2) is 73.4 Å². The SMILES string of the molecule is C=C(C)C(=O)OCCOC(=O)C(F)(F)S(=O)(=O)O.Cc1ccc2c(c1)Oc1cc(C)ccc1[S+]2c1cc(C)c(OCCO)c(C)c1.OCCc1cccc([S+]2c3ccccc3Sc3ccccc32)c1. The summed E-state index contributed by atoms with van der Waals surface area (Å²) in [4.78, 5) is 31.9. The highest BCUT2D eigenvalue weighted by Gasteiger charge is 2.54. The van der Waals surface area contributed by atoms with Crippen LogP contribution >= 0.6 is 11.8 Å². The first-order valence-electron chi connectivity index (χ1n) is 21.5. The lowest BCUT2D eigenvalue weighted by Gasteiger charge is -2.21. The molecule has 0 unspecified atom stereocenters. The lowest BCUT2D eigenvalue weighted by Crippen LogP contribution is -2.39. The van der Waals surface area contributed by atoms with Gasteiger partial charge in [0.25, 0.3) is 0 Å². The number of carbonyl (C=O) groups excluding carboxylic acids is 2. The molecular formula is C52H52F2O11S4+2. The van der Waals surface area contributed by atoms with Gasteiger partial charge < -0.3 is 29.2 Å². The molecule has 0 saturated carbocycles. The Bertz CT molecular complexity index is 2840. The van der Waals surface area contributed by atoms with Gasteiger partial charge in [0.15, 0.2) is 31.1 Å². The van der Waals surface area contributed by atoms with E-state index in [-0.39, 0.29) is 40.6 Å². The lowest BCUT2D eigenvalue weighted by atomic mass is 10.1. The maximum Gasteiger partial charge on any atom is 0.465 e. The molecule has 6 aromatic carbocycles. The first-order valence-corrected chi connectivity index (χ1v) is 26.2. The first-order chi connectivity index (χ1) is 32.8. The van der Waals surface area contributed by atoms with Crippen molar-refractivity contribution in [2.45, 2.75) is 85.5 Å². The molecule has 0 spiro atoms. The zero-order chi connectivity index (χ0) is 50.0. The number of hydrogen-bond acceptors (Lipinski definition) is 11. The van der Waals surface area contributed by atoms with E-state index in [0.29, 0.717) is 13.0 Å². The smallest absolute Gasteiger partial charge is 0.465 e. The Morgan fingerprint density at radius 1 is 0.681 bits per heavy atom. The quantitative estimate of drug-likeness (QED) is 0.0330. The average molecular weight is 1020 g/mol. The highest BCUT2D eigenvalue weighted by atomic mass is 32.2. The number of ether oxygens (including phenoxy) is 4. The van der Waals surface area contributed by atoms with E-state index in [1.807, 2.05) is 11.8 Å². The molecule has 8 rings (SSSR count). The summed E-state index contributed by atoms with van der Waals surface area (Å²) in [5.41, 5.74) is 5.81. The number of fused-ring (bicyclic) bond motifs is 4. The Morgan fingerprint density at radius 3 is 1.74 bits per heavy atom. The predicted octanol–water partition coefficient (Wildman–Crippen LogP) is 10.4. The van der Waals surface area contributed by atoms with Gasteiger partial charge in [-0.2, -0.15) is 17.2 Å². The van der Waals surface area contributed by atoms with Crippen LogP contribution < -0.4 is 9.47 Å². The Labute approximate surface area is 410 Å². The molecule has 3 N–H and O–H groups in total. The number of aryl methyl sites for hydroxylation is 4. The van der Waals surface area contributed by atoms with Crippen molar-refractivity contribution < 1.29 is 60.5 Å². The van der Waals surface area contributed by atoms with E-state index in [4.69, 9.17) is 19.1 Å². The fourth-order valence-corrected chi connectivity index (χ4v) is 13.5. The molecule has 0 atom stereocenters. The van der Waals surface area contributed by atoms with Crippen molar-refractivity contribution in [3.8, 4) is 17.2 Å². The van der Waals surface area contributed by atoms with Crippen molar-refractivity contribution in [2.24, 2.45) is 0 Å². The van der Waals surface area contributed by atoms with Crippen LogP contribution in [0.4, 0.5) is 8.78 Å². The van der Waals surface area contributed by atoms with Crippen molar-refractivity contribution in [1.29, 1.82) is 0 Å². The third-order valence-electron chi connectivity index (χ3n) is 10.2. The van der Waals surface area contributed by atoms with Gasteiger partial charge in [0.05, 0.1) is 16.4 Å². The van der Waals surface area contributed by atoms with Gasteiger partial charge in [-0.15, -0.1) is 0 Å². The summed E-state index contributed by atoms with van der Waals surface area (Å²) in [7, 11) is -6.21. The van der Waals surface area contributed by atoms with Crippen LogP contribution in [0.2, 0.25) is 0 Å². The van der Waals surface area contributed by atoms with E-state index in [2.05, 4.69) is 165 Å². The topological polar surface area (TPSA) is 166 Å². The summed E-state index contributed by atoms with van der Waals surface area (Å²) < 4.78 is 73.8. The summed E-state index contributed by atoms with van der Waals surface area (Å²) in [6, 6.07) is 43.5. The number of carbonyl (C=O) groups is 2. The molecule has 69 heavy (non-hydrogen) atoms. The van der Waals surface area contributed by atoms with E-state index >= 15 is 0 Å². The van der Waals surface area contributed by atoms with Crippen molar-refractivity contribution in [1.82, 2.24) is 0 Å². The van der Waals surface area contributed by atoms with E-state index in [0.717, 1.165) is 28.4 Å². The molecule has 0 saturated heterocycles. The summed E-state index contributed by atoms with van der Waals surface area (Å²) in [6.45, 7) is 12.1. The first kappa shape index (κ1) is 52.7. The number of hydrogen-bond donors (Lipinski definition) is 3. The summed E-state index contributed by atoms with van der Waals surface area (Å²) in [6.07, 6.45) is 0.711. The van der Waals surface area contributed by atoms with Gasteiger partial charge in [-0.3, -0.25) is 4.55 Å². The standard InChI is InChI=1S/C24H25O3S.C20H17OS2.C8H10F2O7S/c1-15-5-7-22-20(11-15)27-21-12-16(2)6-8-23(21)28(22)19-13-17(3)24(18(4)14-19)26-10-9-25;21-13-12-15-6-5-7-16(14-15)23-19-10-3-1-8-17(19)22-18-9-2-4-11-20(18)23;1-5(2)6(11)16-3-4-17-7(12)8(9,10)18(13,14)15/h5-8,11-14,25H,9-10H2,1-4H3;1-11,14,21H,12-13H2;1,3-4H2,2H3,(H,13,14,15)/q2*+1;. The highest BCUT2D eigenvalue weighted by Crippen LogP contribution is 2.49. The molecule has 17 heteroatoms. The summed E-state index contributed by atoms with van der Waals surface area (Å²) in [5, 5.41) is 13.3. The van der Waals surface area contributed by atoms with Gasteiger partial charge in [-0.1, -0.05) is 66.9 Å². The Balaban J connectivity index is 0.000000175. The fourth-order valence-electron chi connectivity index (χ4n) is 7.06. The normalized spacial score (nSPS) is 12.8. The van der Waals surface area contributed by atoms with E-state index < -0.39 is 40.5 Å². The minimum absolute atomic E-state index is 0.0157. The zero-order valence-electron chi connectivity index (χ0n) is 38.5. The average Bonchev–Trinajstić information content (AvgIpc) is 3.31. The fraction of sp³-hybridized carbons (Fsp3) is 0.231. The number of esters is 2. The summed E-state index contributed by atoms with van der Waals surface area (Å²) >= 11 is 1.86. The van der Waals surface area contributed by atoms with Crippen LogP contribution in [0.3, 0.4) is 0 Å². The molecule has 6 aromatic rings. The Morgan fingerprint density at radius 2 is 1.22 bits per heavy atom. The van der Waals surface area contributed by atoms with Crippen LogP contribution in [0, 0.1) is 27.7 Å². The third kappa shape index (κ3) is 12.8. The molecule has 0 fully saturated rings. The van der Waals surface area contributed by atoms with Crippen LogP contribution in [0.25, 0.3) is 0 Å². The van der Waals surface area contributed by atoms with Crippen molar-refractivity contribution in [2.75, 3.05) is 33.0 Å². The maximum absolute atomic E-state index is 12.6. The molecule has 362 valence electrons. The Kier molecular flexibility index (Phi) is 17.8. The lowest BCUT2D eigenvalue weighted by molar-refractivity contribution is -0.164. The van der Waals surface area contributed by atoms with Crippen LogP contribution in [-0.2, 0) is 57.4 Å². The van der Waals surface area contributed by atoms with Crippen molar-refractivity contribution in [3.05, 3.63) is 161 Å². The van der Waals surface area contributed by atoms with Gasteiger partial charge in [-0.05, 0) is 130 Å². The minimum Gasteiger partial charge on any atom is -0.491 e. The zero-order valence-corrected chi connectivity index (χ0v) is 41.8. The molecule has 0 aliphatic carbocycles. The molecule has 2 heterocycles. The molecule has 0 radical (unpaired) electrons. The van der Waals surface area contributed by atoms with Crippen molar-refractivity contribution >= 4 is 55.6 Å². The van der Waals surface area contributed by atoms with Gasteiger partial charge in [0, 0.05) is 24.3 Å². The van der Waals surface area contributed by atoms with Gasteiger partial charge in [-0.25, -0.2) is 9.59 Å². The molecular weight excluding hydrogens is 967 g/mol. The predicted molar refractivity (Wildman–Crippen MR) is 263 cm³/mol. The molecule has 2 aliphatic rings. The van der Waals surface area contributed by atoms with E-state index in [9.17, 15) is 31.9 Å². The second-order valence-electron chi connectivity index (χ2n) is 15.7. The second kappa shape index (κ2) is 23.3.